The number of amides is 1. The molecule has 0 aliphatic heterocycles. The second-order valence-electron chi connectivity index (χ2n) is 5.45. The molecule has 5 nitrogen and oxygen atoms in total. The van der Waals surface area contributed by atoms with Gasteiger partial charge in [-0.2, -0.15) is 0 Å². The van der Waals surface area contributed by atoms with Crippen molar-refractivity contribution in [2.24, 2.45) is 0 Å². The Kier molecular flexibility index (Phi) is 6.46. The Bertz CT molecular complexity index is 738. The van der Waals surface area contributed by atoms with Gasteiger partial charge in [0.2, 0.25) is 5.91 Å². The Balaban J connectivity index is 1.99. The highest BCUT2D eigenvalue weighted by atomic mass is 16.5. The first-order chi connectivity index (χ1) is 12.1. The van der Waals surface area contributed by atoms with Gasteiger partial charge in [0.05, 0.1) is 27.4 Å². The van der Waals surface area contributed by atoms with E-state index in [9.17, 15) is 4.79 Å². The lowest BCUT2D eigenvalue weighted by Crippen LogP contribution is -2.24. The van der Waals surface area contributed by atoms with Crippen LogP contribution in [0.25, 0.3) is 6.08 Å². The molecule has 0 aliphatic carbocycles. The summed E-state index contributed by atoms with van der Waals surface area (Å²) in [6, 6.07) is 13.0. The first kappa shape index (κ1) is 18.4. The minimum Gasteiger partial charge on any atom is -0.497 e. The molecule has 1 N–H and O–H groups in total. The number of hydrogen-bond donors (Lipinski definition) is 1. The molecule has 0 bridgehead atoms. The largest absolute Gasteiger partial charge is 0.497 e. The summed E-state index contributed by atoms with van der Waals surface area (Å²) in [5.41, 5.74) is 1.86. The first-order valence-corrected chi connectivity index (χ1v) is 7.92. The maximum Gasteiger partial charge on any atom is 0.244 e. The van der Waals surface area contributed by atoms with Gasteiger partial charge in [-0.15, -0.1) is 0 Å². The molecule has 0 fully saturated rings. The van der Waals surface area contributed by atoms with Crippen LogP contribution in [0.5, 0.6) is 17.2 Å². The first-order valence-electron chi connectivity index (χ1n) is 7.92. The molecule has 0 saturated heterocycles. The Morgan fingerprint density at radius 1 is 0.960 bits per heavy atom. The quantitative estimate of drug-likeness (QED) is 0.782. The van der Waals surface area contributed by atoms with Crippen LogP contribution in [0.3, 0.4) is 0 Å². The zero-order valence-corrected chi connectivity index (χ0v) is 14.9. The molecule has 0 aromatic heterocycles. The minimum atomic E-state index is -0.168. The Labute approximate surface area is 148 Å². The average molecular weight is 341 g/mol. The standard InChI is InChI=1S/C20H23NO4/c1-14(16-7-9-17(23-2)10-8-16)21-20(22)12-6-15-5-11-18(24-3)19(13-15)25-4/h5-14H,1-4H3,(H,21,22)/b12-6+/t14-/m1/s1. The molecule has 25 heavy (non-hydrogen) atoms. The summed E-state index contributed by atoms with van der Waals surface area (Å²) in [5, 5.41) is 2.93. The van der Waals surface area contributed by atoms with E-state index in [4.69, 9.17) is 14.2 Å². The van der Waals surface area contributed by atoms with E-state index >= 15 is 0 Å². The van der Waals surface area contributed by atoms with Crippen LogP contribution >= 0.6 is 0 Å². The number of benzene rings is 2. The van der Waals surface area contributed by atoms with Gasteiger partial charge in [0.25, 0.3) is 0 Å². The van der Waals surface area contributed by atoms with Gasteiger partial charge in [-0.3, -0.25) is 4.79 Å². The van der Waals surface area contributed by atoms with Crippen LogP contribution in [-0.4, -0.2) is 27.2 Å². The summed E-state index contributed by atoms with van der Waals surface area (Å²) in [6.07, 6.45) is 3.24. The third kappa shape index (κ3) is 5.01. The maximum absolute atomic E-state index is 12.1. The molecule has 2 aromatic carbocycles. The fourth-order valence-corrected chi connectivity index (χ4v) is 2.37. The third-order valence-electron chi connectivity index (χ3n) is 3.81. The van der Waals surface area contributed by atoms with E-state index in [0.29, 0.717) is 11.5 Å². The van der Waals surface area contributed by atoms with E-state index in [-0.39, 0.29) is 11.9 Å². The Morgan fingerprint density at radius 2 is 1.64 bits per heavy atom. The third-order valence-corrected chi connectivity index (χ3v) is 3.81. The van der Waals surface area contributed by atoms with Crippen LogP contribution in [0.4, 0.5) is 0 Å². The van der Waals surface area contributed by atoms with Crippen molar-refractivity contribution in [2.45, 2.75) is 13.0 Å². The lowest BCUT2D eigenvalue weighted by molar-refractivity contribution is -0.117. The fraction of sp³-hybridized carbons (Fsp3) is 0.250. The van der Waals surface area contributed by atoms with Gasteiger partial charge in [-0.1, -0.05) is 18.2 Å². The lowest BCUT2D eigenvalue weighted by Gasteiger charge is -2.13. The molecule has 0 unspecified atom stereocenters. The summed E-state index contributed by atoms with van der Waals surface area (Å²) < 4.78 is 15.6. The summed E-state index contributed by atoms with van der Waals surface area (Å²) in [7, 11) is 4.79. The topological polar surface area (TPSA) is 56.8 Å². The van der Waals surface area contributed by atoms with Gasteiger partial charge in [0.1, 0.15) is 5.75 Å². The summed E-state index contributed by atoms with van der Waals surface area (Å²) >= 11 is 0. The van der Waals surface area contributed by atoms with Crippen molar-refractivity contribution in [3.63, 3.8) is 0 Å². The molecule has 2 aromatic rings. The molecule has 1 amide bonds. The van der Waals surface area contributed by atoms with E-state index in [2.05, 4.69) is 5.32 Å². The molecule has 132 valence electrons. The number of nitrogens with one attached hydrogen (secondary N) is 1. The second kappa shape index (κ2) is 8.78. The predicted molar refractivity (Wildman–Crippen MR) is 98.1 cm³/mol. The van der Waals surface area contributed by atoms with Crippen molar-refractivity contribution in [3.8, 4) is 17.2 Å². The van der Waals surface area contributed by atoms with Crippen molar-refractivity contribution in [2.75, 3.05) is 21.3 Å². The summed E-state index contributed by atoms with van der Waals surface area (Å²) in [5.74, 6) is 1.89. The van der Waals surface area contributed by atoms with Crippen LogP contribution < -0.4 is 19.5 Å². The zero-order valence-electron chi connectivity index (χ0n) is 14.9. The molecule has 1 atom stereocenters. The average Bonchev–Trinajstić information content (AvgIpc) is 2.66. The monoisotopic (exact) mass is 341 g/mol. The summed E-state index contributed by atoms with van der Waals surface area (Å²) in [6.45, 7) is 1.93. The highest BCUT2D eigenvalue weighted by Gasteiger charge is 2.08. The van der Waals surface area contributed by atoms with Crippen LogP contribution in [0, 0.1) is 0 Å². The van der Waals surface area contributed by atoms with Crippen molar-refractivity contribution in [3.05, 3.63) is 59.7 Å². The van der Waals surface area contributed by atoms with E-state index < -0.39 is 0 Å². The number of hydrogen-bond acceptors (Lipinski definition) is 4. The molecule has 0 spiro atoms. The van der Waals surface area contributed by atoms with Gasteiger partial charge in [-0.05, 0) is 48.4 Å². The lowest BCUT2D eigenvalue weighted by atomic mass is 10.1. The van der Waals surface area contributed by atoms with Gasteiger partial charge < -0.3 is 19.5 Å². The van der Waals surface area contributed by atoms with Crippen LogP contribution in [0.15, 0.2) is 48.5 Å². The van der Waals surface area contributed by atoms with E-state index in [1.54, 1.807) is 33.5 Å². The fourth-order valence-electron chi connectivity index (χ4n) is 2.37. The van der Waals surface area contributed by atoms with E-state index in [0.717, 1.165) is 16.9 Å². The van der Waals surface area contributed by atoms with Crippen molar-refractivity contribution >= 4 is 12.0 Å². The maximum atomic E-state index is 12.1. The number of carbonyl (C=O) groups excluding carboxylic acids is 1. The van der Waals surface area contributed by atoms with E-state index in [1.165, 1.54) is 6.08 Å². The van der Waals surface area contributed by atoms with Crippen molar-refractivity contribution in [1.82, 2.24) is 5.32 Å². The van der Waals surface area contributed by atoms with Crippen LogP contribution in [0.1, 0.15) is 24.1 Å². The molecule has 0 radical (unpaired) electrons. The highest BCUT2D eigenvalue weighted by molar-refractivity contribution is 5.92. The predicted octanol–water partition coefficient (Wildman–Crippen LogP) is 3.60. The molecule has 0 heterocycles. The van der Waals surface area contributed by atoms with Gasteiger partial charge in [0, 0.05) is 6.08 Å². The Morgan fingerprint density at radius 3 is 2.24 bits per heavy atom. The van der Waals surface area contributed by atoms with Crippen molar-refractivity contribution in [1.29, 1.82) is 0 Å². The minimum absolute atomic E-state index is 0.103. The second-order valence-corrected chi connectivity index (χ2v) is 5.45. The number of methoxy groups -OCH3 is 3. The summed E-state index contributed by atoms with van der Waals surface area (Å²) in [4.78, 5) is 12.1. The van der Waals surface area contributed by atoms with Gasteiger partial charge in [-0.25, -0.2) is 0 Å². The molecular weight excluding hydrogens is 318 g/mol. The molecule has 5 heteroatoms. The smallest absolute Gasteiger partial charge is 0.244 e. The molecule has 0 saturated carbocycles. The number of ether oxygens (including phenoxy) is 3. The van der Waals surface area contributed by atoms with Crippen molar-refractivity contribution < 1.29 is 19.0 Å². The van der Waals surface area contributed by atoms with Crippen LogP contribution in [-0.2, 0) is 4.79 Å². The van der Waals surface area contributed by atoms with Gasteiger partial charge >= 0.3 is 0 Å². The molecule has 2 rings (SSSR count). The molecule has 0 aliphatic rings. The van der Waals surface area contributed by atoms with Gasteiger partial charge in [0.15, 0.2) is 11.5 Å². The van der Waals surface area contributed by atoms with Crippen LogP contribution in [0.2, 0.25) is 0 Å². The zero-order chi connectivity index (χ0) is 18.2. The SMILES string of the molecule is COc1ccc([C@@H](C)NC(=O)/C=C/c2ccc(OC)c(OC)c2)cc1. The molecular formula is C20H23NO4. The number of carbonyl (C=O) groups is 1. The number of rotatable bonds is 7. The normalized spacial score (nSPS) is 11.8. The highest BCUT2D eigenvalue weighted by Crippen LogP contribution is 2.28. The van der Waals surface area contributed by atoms with E-state index in [1.807, 2.05) is 43.3 Å². The Hall–Kier alpha value is -2.95.